The lowest BCUT2D eigenvalue weighted by molar-refractivity contribution is 0.517. The summed E-state index contributed by atoms with van der Waals surface area (Å²) in [6, 6.07) is 18.8. The predicted octanol–water partition coefficient (Wildman–Crippen LogP) is 14.1. The van der Waals surface area contributed by atoms with E-state index in [9.17, 15) is 0 Å². The molecule has 4 heterocycles. The minimum absolute atomic E-state index is 0.0727. The van der Waals surface area contributed by atoms with E-state index in [1.165, 1.54) is 63.5 Å². The number of hydrogen-bond donors (Lipinski definition) is 0. The van der Waals surface area contributed by atoms with Crippen LogP contribution >= 0.6 is 45.8 Å². The lowest BCUT2D eigenvalue weighted by Crippen LogP contribution is -2.18. The molecule has 1 aliphatic heterocycles. The van der Waals surface area contributed by atoms with Crippen molar-refractivity contribution in [3.63, 3.8) is 0 Å². The molecule has 0 aliphatic carbocycles. The van der Waals surface area contributed by atoms with Gasteiger partial charge in [-0.1, -0.05) is 79.5 Å². The largest absolute Gasteiger partial charge is 0.144 e. The number of thioether (sulfide) groups is 1. The van der Waals surface area contributed by atoms with E-state index in [0.29, 0.717) is 0 Å². The summed E-state index contributed by atoms with van der Waals surface area (Å²) in [4.78, 5) is 8.28. The maximum Gasteiger partial charge on any atom is 0.0359 e. The molecular weight excluding hydrogens is 585 g/mol. The molecule has 0 nitrogen and oxygen atoms in total. The van der Waals surface area contributed by atoms with Gasteiger partial charge in [0.15, 0.2) is 0 Å². The van der Waals surface area contributed by atoms with Gasteiger partial charge in [-0.2, -0.15) is 0 Å². The molecule has 3 aromatic heterocycles. The Morgan fingerprint density at radius 2 is 1.24 bits per heavy atom. The van der Waals surface area contributed by atoms with E-state index in [4.69, 9.17) is 0 Å². The van der Waals surface area contributed by atoms with Crippen LogP contribution in [0.15, 0.2) is 71.6 Å². The summed E-state index contributed by atoms with van der Waals surface area (Å²) >= 11 is 7.74. The zero-order valence-corrected chi connectivity index (χ0v) is 30.7. The molecule has 224 valence electrons. The first-order valence-electron chi connectivity index (χ1n) is 15.2. The number of benzene rings is 1. The first kappa shape index (κ1) is 33.1. The summed E-state index contributed by atoms with van der Waals surface area (Å²) in [6.45, 7) is 25.1. The fourth-order valence-electron chi connectivity index (χ4n) is 4.69. The zero-order chi connectivity index (χ0) is 30.9. The average Bonchev–Trinajstić information content (AvgIpc) is 3.72. The molecule has 1 aliphatic rings. The number of allylic oxidation sites excluding steroid dienone is 2. The van der Waals surface area contributed by atoms with Gasteiger partial charge in [0, 0.05) is 50.7 Å². The van der Waals surface area contributed by atoms with Crippen LogP contribution in [0, 0.1) is 0 Å². The number of hydrogen-bond acceptors (Lipinski definition) is 4. The van der Waals surface area contributed by atoms with E-state index in [-0.39, 0.29) is 15.6 Å². The standard InChI is InChI=1S/C35H40S4.C3H8/c1-10-34(6,7)32-18-16-29(38-32)25-21-24(28-15-17-31(37-28)33(3,4)5)23(27-12-11-19-36-27)20-26(25)30-14-13-22(2)35(8,9)39-30;1-3-2/h11-21H,10H2,1-9H3;3H2,1-2H3. The van der Waals surface area contributed by atoms with Crippen molar-refractivity contribution in [3.8, 4) is 31.3 Å². The molecule has 0 spiro atoms. The van der Waals surface area contributed by atoms with Crippen molar-refractivity contribution in [1.29, 1.82) is 0 Å². The van der Waals surface area contributed by atoms with Crippen molar-refractivity contribution in [3.05, 3.63) is 87.0 Å². The summed E-state index contributed by atoms with van der Waals surface area (Å²) < 4.78 is 0.0727. The van der Waals surface area contributed by atoms with Gasteiger partial charge < -0.3 is 0 Å². The summed E-state index contributed by atoms with van der Waals surface area (Å²) in [5.41, 5.74) is 7.11. The van der Waals surface area contributed by atoms with Gasteiger partial charge in [-0.15, -0.1) is 45.8 Å². The SMILES string of the molecule is CCC.CCC(C)(C)c1ccc(-c2cc(-c3ccc(C(C)(C)C)s3)c(-c3cccs3)cc2C2=CC=C(C)C(C)(C)S2)s1. The molecule has 42 heavy (non-hydrogen) atoms. The van der Waals surface area contributed by atoms with Gasteiger partial charge >= 0.3 is 0 Å². The van der Waals surface area contributed by atoms with Crippen LogP contribution in [0.25, 0.3) is 36.2 Å². The van der Waals surface area contributed by atoms with Crippen LogP contribution in [0.3, 0.4) is 0 Å². The molecule has 4 aromatic rings. The first-order valence-corrected chi connectivity index (χ1v) is 18.6. The second kappa shape index (κ2) is 13.0. The predicted molar refractivity (Wildman–Crippen MR) is 198 cm³/mol. The maximum absolute atomic E-state index is 2.50. The van der Waals surface area contributed by atoms with Gasteiger partial charge in [-0.25, -0.2) is 0 Å². The third-order valence-electron chi connectivity index (χ3n) is 8.04. The van der Waals surface area contributed by atoms with E-state index in [1.807, 2.05) is 45.8 Å². The summed E-state index contributed by atoms with van der Waals surface area (Å²) in [5.74, 6) is 0. The molecule has 0 bridgehead atoms. The molecule has 0 radical (unpaired) electrons. The van der Waals surface area contributed by atoms with E-state index >= 15 is 0 Å². The number of rotatable bonds is 6. The van der Waals surface area contributed by atoms with Crippen molar-refractivity contribution >= 4 is 50.7 Å². The van der Waals surface area contributed by atoms with Gasteiger partial charge in [-0.05, 0) is 97.5 Å². The monoisotopic (exact) mass is 632 g/mol. The van der Waals surface area contributed by atoms with Crippen LogP contribution in [0.2, 0.25) is 0 Å². The second-order valence-electron chi connectivity index (χ2n) is 13.4. The topological polar surface area (TPSA) is 0 Å². The summed E-state index contributed by atoms with van der Waals surface area (Å²) in [6.07, 6.45) is 7.05. The van der Waals surface area contributed by atoms with E-state index in [1.54, 1.807) is 0 Å². The number of thiophene rings is 3. The third kappa shape index (κ3) is 7.09. The van der Waals surface area contributed by atoms with Crippen LogP contribution in [-0.2, 0) is 10.8 Å². The van der Waals surface area contributed by atoms with Crippen LogP contribution in [0.5, 0.6) is 0 Å². The van der Waals surface area contributed by atoms with Crippen molar-refractivity contribution in [1.82, 2.24) is 0 Å². The second-order valence-corrected chi connectivity index (χ2v) is 18.2. The Labute approximate surface area is 272 Å². The summed E-state index contributed by atoms with van der Waals surface area (Å²) in [5, 5.41) is 2.20. The Kier molecular flexibility index (Phi) is 10.2. The van der Waals surface area contributed by atoms with Crippen LogP contribution < -0.4 is 0 Å². The Bertz CT molecular complexity index is 1560. The molecule has 1 aromatic carbocycles. The minimum Gasteiger partial charge on any atom is -0.144 e. The molecular formula is C38H48S4. The Morgan fingerprint density at radius 1 is 0.690 bits per heavy atom. The van der Waals surface area contributed by atoms with Gasteiger partial charge in [0.25, 0.3) is 0 Å². The quantitative estimate of drug-likeness (QED) is 0.204. The van der Waals surface area contributed by atoms with Crippen molar-refractivity contribution in [2.75, 3.05) is 0 Å². The van der Waals surface area contributed by atoms with Crippen molar-refractivity contribution in [2.45, 2.75) is 105 Å². The lowest BCUT2D eigenvalue weighted by Gasteiger charge is -2.30. The van der Waals surface area contributed by atoms with Gasteiger partial charge in [0.2, 0.25) is 0 Å². The molecule has 0 amide bonds. The Balaban J connectivity index is 0.00000129. The molecule has 0 atom stereocenters. The highest BCUT2D eigenvalue weighted by Gasteiger charge is 2.29. The van der Waals surface area contributed by atoms with E-state index in [0.717, 1.165) is 6.42 Å². The minimum atomic E-state index is 0.0727. The highest BCUT2D eigenvalue weighted by atomic mass is 32.2. The van der Waals surface area contributed by atoms with Crippen molar-refractivity contribution in [2.24, 2.45) is 0 Å². The summed E-state index contributed by atoms with van der Waals surface area (Å²) in [7, 11) is 0. The molecule has 0 unspecified atom stereocenters. The normalized spacial score (nSPS) is 15.1. The zero-order valence-electron chi connectivity index (χ0n) is 27.4. The highest BCUT2D eigenvalue weighted by molar-refractivity contribution is 8.09. The molecule has 0 saturated heterocycles. The molecule has 0 saturated carbocycles. The highest BCUT2D eigenvalue weighted by Crippen LogP contribution is 2.52. The van der Waals surface area contributed by atoms with Gasteiger partial charge in [0.05, 0.1) is 0 Å². The smallest absolute Gasteiger partial charge is 0.0359 e. The van der Waals surface area contributed by atoms with Gasteiger partial charge in [0.1, 0.15) is 0 Å². The Hall–Kier alpha value is -1.85. The Morgan fingerprint density at radius 3 is 1.76 bits per heavy atom. The van der Waals surface area contributed by atoms with Gasteiger partial charge in [-0.3, -0.25) is 0 Å². The van der Waals surface area contributed by atoms with Crippen LogP contribution in [0.1, 0.15) is 104 Å². The van der Waals surface area contributed by atoms with Crippen LogP contribution in [-0.4, -0.2) is 4.75 Å². The molecule has 4 heteroatoms. The van der Waals surface area contributed by atoms with Crippen LogP contribution in [0.4, 0.5) is 0 Å². The van der Waals surface area contributed by atoms with E-state index in [2.05, 4.69) is 142 Å². The van der Waals surface area contributed by atoms with E-state index < -0.39 is 0 Å². The fourth-order valence-corrected chi connectivity index (χ4v) is 8.94. The third-order valence-corrected chi connectivity index (χ3v) is 13.4. The molecule has 0 N–H and O–H groups in total. The maximum atomic E-state index is 2.50. The first-order chi connectivity index (χ1) is 19.7. The lowest BCUT2D eigenvalue weighted by atomic mass is 9.88. The fraction of sp³-hybridized carbons (Fsp3) is 0.421. The van der Waals surface area contributed by atoms with Crippen molar-refractivity contribution < 1.29 is 0 Å². The molecule has 0 fully saturated rings. The average molecular weight is 633 g/mol. The molecule has 5 rings (SSSR count).